The minimum atomic E-state index is -5.55. The lowest BCUT2D eigenvalue weighted by Crippen LogP contribution is -2.54. The van der Waals surface area contributed by atoms with Crippen molar-refractivity contribution < 1.29 is 45.8 Å². The first-order chi connectivity index (χ1) is 20.8. The molecule has 0 radical (unpaired) electrons. The average Bonchev–Trinajstić information content (AvgIpc) is 2.93. The number of benzene rings is 4. The average molecular weight is 631 g/mol. The Morgan fingerprint density at radius 2 is 0.978 bits per heavy atom. The Hall–Kier alpha value is -4.69. The molecule has 0 aromatic heterocycles. The van der Waals surface area contributed by atoms with Crippen molar-refractivity contribution in [3.63, 3.8) is 0 Å². The molecule has 4 rings (SSSR count). The lowest BCUT2D eigenvalue weighted by atomic mass is 9.71. The van der Waals surface area contributed by atoms with Crippen LogP contribution < -0.4 is 0 Å². The Labute approximate surface area is 257 Å². The molecule has 0 saturated heterocycles. The van der Waals surface area contributed by atoms with Crippen molar-refractivity contribution in [3.05, 3.63) is 129 Å². The molecule has 4 aromatic carbocycles. The van der Waals surface area contributed by atoms with Crippen molar-refractivity contribution in [2.45, 2.75) is 59.3 Å². The minimum Gasteiger partial charge on any atom is -0.478 e. The van der Waals surface area contributed by atoms with Crippen LogP contribution in [0.1, 0.15) is 54.9 Å². The van der Waals surface area contributed by atoms with E-state index in [9.17, 15) is 36.2 Å². The second kappa shape index (κ2) is 14.4. The largest absolute Gasteiger partial charge is 0.478 e. The Morgan fingerprint density at radius 3 is 1.33 bits per heavy atom. The van der Waals surface area contributed by atoms with Crippen LogP contribution in [0.25, 0.3) is 11.1 Å². The molecule has 0 unspecified atom stereocenters. The smallest absolute Gasteiger partial charge is 0.411 e. The normalized spacial score (nSPS) is 11.4. The summed E-state index contributed by atoms with van der Waals surface area (Å²) in [6.45, 7) is 10.2. The van der Waals surface area contributed by atoms with Crippen LogP contribution >= 0.6 is 0 Å². The number of carbonyl (C=O) groups excluding carboxylic acids is 2. The number of hydrogen-bond acceptors (Lipinski definition) is 3. The second-order valence-electron chi connectivity index (χ2n) is 10.6. The van der Waals surface area contributed by atoms with Gasteiger partial charge in [-0.15, -0.1) is 0 Å². The van der Waals surface area contributed by atoms with E-state index in [0.717, 1.165) is 46.5 Å². The monoisotopic (exact) mass is 630 g/mol. The fraction of sp³-hybridized carbons (Fsp3) is 0.257. The van der Waals surface area contributed by atoms with Crippen molar-refractivity contribution >= 4 is 12.1 Å². The number of aromatic carboxylic acids is 1. The number of rotatable bonds is 4. The van der Waals surface area contributed by atoms with E-state index in [1.54, 1.807) is 19.9 Å². The first-order valence-electron chi connectivity index (χ1n) is 13.5. The molecule has 0 amide bonds. The molecule has 4 nitrogen and oxygen atoms in total. The lowest BCUT2D eigenvalue weighted by Gasteiger charge is -2.38. The van der Waals surface area contributed by atoms with Crippen molar-refractivity contribution in [3.8, 4) is 11.1 Å². The molecule has 0 heterocycles. The van der Waals surface area contributed by atoms with Gasteiger partial charge < -0.3 is 5.11 Å². The van der Waals surface area contributed by atoms with Crippen LogP contribution in [0.2, 0.25) is 0 Å². The molecule has 4 aromatic rings. The van der Waals surface area contributed by atoms with Crippen LogP contribution in [-0.2, 0) is 15.0 Å². The third kappa shape index (κ3) is 8.08. The number of carbonyl (C=O) groups is 1. The SMILES string of the molecule is Cc1ccc(-c2ccc(C)cc2C(=O)O)cc1.Cc1ccc(C(c2ccc(C)c(C)c2)(C(F)(F)F)C(F)(F)F)cc1C.O=C=O. The van der Waals surface area contributed by atoms with Gasteiger partial charge in [0.15, 0.2) is 0 Å². The van der Waals surface area contributed by atoms with Gasteiger partial charge in [0.2, 0.25) is 5.41 Å². The minimum absolute atomic E-state index is 0.250. The zero-order valence-corrected chi connectivity index (χ0v) is 25.4. The Balaban J connectivity index is 0.000000305. The van der Waals surface area contributed by atoms with Gasteiger partial charge in [-0.2, -0.15) is 35.9 Å². The highest BCUT2D eigenvalue weighted by Crippen LogP contribution is 2.56. The number of halogens is 6. The zero-order chi connectivity index (χ0) is 34.3. The van der Waals surface area contributed by atoms with Gasteiger partial charge in [0.1, 0.15) is 0 Å². The second-order valence-corrected chi connectivity index (χ2v) is 10.6. The Bertz CT molecular complexity index is 1610. The maximum Gasteiger partial charge on any atom is 0.411 e. The maximum atomic E-state index is 14.0. The third-order valence-corrected chi connectivity index (χ3v) is 7.50. The summed E-state index contributed by atoms with van der Waals surface area (Å²) in [5, 5.41) is 9.21. The fourth-order valence-electron chi connectivity index (χ4n) is 4.75. The van der Waals surface area contributed by atoms with Gasteiger partial charge in [0.05, 0.1) is 5.56 Å². The summed E-state index contributed by atoms with van der Waals surface area (Å²) >= 11 is 0. The molecule has 1 N–H and O–H groups in total. The molecule has 45 heavy (non-hydrogen) atoms. The first-order valence-corrected chi connectivity index (χ1v) is 13.5. The molecule has 0 atom stereocenters. The van der Waals surface area contributed by atoms with Crippen LogP contribution in [-0.4, -0.2) is 29.6 Å². The zero-order valence-electron chi connectivity index (χ0n) is 25.4. The maximum absolute atomic E-state index is 14.0. The van der Waals surface area contributed by atoms with E-state index < -0.39 is 34.9 Å². The number of hydrogen-bond donors (Lipinski definition) is 1. The summed E-state index contributed by atoms with van der Waals surface area (Å²) in [4.78, 5) is 27.5. The molecule has 0 bridgehead atoms. The van der Waals surface area contributed by atoms with Crippen LogP contribution in [0.15, 0.2) is 78.9 Å². The fourth-order valence-corrected chi connectivity index (χ4v) is 4.75. The van der Waals surface area contributed by atoms with E-state index in [0.29, 0.717) is 27.8 Å². The van der Waals surface area contributed by atoms with Crippen molar-refractivity contribution in [1.82, 2.24) is 0 Å². The molecule has 0 spiro atoms. The summed E-state index contributed by atoms with van der Waals surface area (Å²) in [6.07, 6.45) is -10.8. The molecule has 0 saturated carbocycles. The van der Waals surface area contributed by atoms with Crippen LogP contribution in [0.5, 0.6) is 0 Å². The molecule has 238 valence electrons. The van der Waals surface area contributed by atoms with Crippen LogP contribution in [0, 0.1) is 41.5 Å². The summed E-state index contributed by atoms with van der Waals surface area (Å²) in [7, 11) is 0. The highest BCUT2D eigenvalue weighted by molar-refractivity contribution is 5.96. The van der Waals surface area contributed by atoms with Crippen molar-refractivity contribution in [2.24, 2.45) is 0 Å². The molecular weight excluding hydrogens is 598 g/mol. The number of alkyl halides is 6. The Kier molecular flexibility index (Phi) is 11.7. The van der Waals surface area contributed by atoms with Gasteiger partial charge in [-0.3, -0.25) is 0 Å². The Morgan fingerprint density at radius 1 is 0.578 bits per heavy atom. The van der Waals surface area contributed by atoms with Crippen molar-refractivity contribution in [2.75, 3.05) is 0 Å². The number of carboxylic acid groups (broad SMARTS) is 1. The molecule has 0 aliphatic rings. The topological polar surface area (TPSA) is 71.4 Å². The predicted octanol–water partition coefficient (Wildman–Crippen LogP) is 9.42. The van der Waals surface area contributed by atoms with Gasteiger partial charge in [0, 0.05) is 0 Å². The van der Waals surface area contributed by atoms with Crippen molar-refractivity contribution in [1.29, 1.82) is 0 Å². The molecule has 0 fully saturated rings. The van der Waals surface area contributed by atoms with Gasteiger partial charge in [0.25, 0.3) is 0 Å². The molecule has 0 aliphatic heterocycles. The lowest BCUT2D eigenvalue weighted by molar-refractivity contribution is -0.288. The van der Waals surface area contributed by atoms with E-state index in [4.69, 9.17) is 9.59 Å². The summed E-state index contributed by atoms with van der Waals surface area (Å²) in [6, 6.07) is 19.7. The summed E-state index contributed by atoms with van der Waals surface area (Å²) < 4.78 is 83.9. The predicted molar refractivity (Wildman–Crippen MR) is 158 cm³/mol. The summed E-state index contributed by atoms with van der Waals surface area (Å²) in [5.41, 5.74) is 0.470. The molecular formula is C35H32F6O4. The highest BCUT2D eigenvalue weighted by Gasteiger charge is 2.72. The molecule has 10 heteroatoms. The van der Waals surface area contributed by atoms with E-state index >= 15 is 0 Å². The third-order valence-electron chi connectivity index (χ3n) is 7.50. The van der Waals surface area contributed by atoms with Gasteiger partial charge >= 0.3 is 24.5 Å². The number of carboxylic acids is 1. The van der Waals surface area contributed by atoms with Crippen LogP contribution in [0.4, 0.5) is 26.3 Å². The molecule has 0 aliphatic carbocycles. The van der Waals surface area contributed by atoms with E-state index in [-0.39, 0.29) is 6.15 Å². The quantitative estimate of drug-likeness (QED) is 0.228. The first kappa shape index (κ1) is 36.5. The standard InChI is InChI=1S/C19H18F6.C15H14O2.CO2/c1-11-5-7-15(9-13(11)3)17(18(20,21)22,19(23,24)25)16-8-6-12(2)14(4)10-16;1-10-3-6-12(7-4-10)13-8-5-11(2)9-14(13)15(16)17;2-1-3/h5-10H,1-4H3;3-9H,1-2H3,(H,16,17);. The van der Waals surface area contributed by atoms with Gasteiger partial charge in [-0.25, -0.2) is 4.79 Å². The van der Waals surface area contributed by atoms with Crippen LogP contribution in [0.3, 0.4) is 0 Å². The van der Waals surface area contributed by atoms with E-state index in [1.807, 2.05) is 50.2 Å². The van der Waals surface area contributed by atoms with E-state index in [1.165, 1.54) is 26.0 Å². The number of aryl methyl sites for hydroxylation is 6. The van der Waals surface area contributed by atoms with E-state index in [2.05, 4.69) is 0 Å². The van der Waals surface area contributed by atoms with Gasteiger partial charge in [-0.1, -0.05) is 83.9 Å². The summed E-state index contributed by atoms with van der Waals surface area (Å²) in [5.74, 6) is -0.885. The van der Waals surface area contributed by atoms with Gasteiger partial charge in [-0.05, 0) is 92.1 Å². The highest BCUT2D eigenvalue weighted by atomic mass is 19.4.